The van der Waals surface area contributed by atoms with Gasteiger partial charge in [-0.3, -0.25) is 4.79 Å². The fraction of sp³-hybridized carbons (Fsp3) is 0.692. The van der Waals surface area contributed by atoms with Gasteiger partial charge in [0.05, 0.1) is 5.69 Å². The average Bonchev–Trinajstić information content (AvgIpc) is 2.68. The number of nitrogens with zero attached hydrogens (tertiary/aromatic N) is 2. The van der Waals surface area contributed by atoms with Crippen molar-refractivity contribution in [1.29, 1.82) is 0 Å². The molecule has 0 aliphatic carbocycles. The molecule has 0 aromatic carbocycles. The summed E-state index contributed by atoms with van der Waals surface area (Å²) in [6.45, 7) is 6.54. The summed E-state index contributed by atoms with van der Waals surface area (Å²) in [6, 6.07) is 0. The van der Waals surface area contributed by atoms with E-state index in [0.29, 0.717) is 0 Å². The number of aliphatic carboxylic acids is 1. The summed E-state index contributed by atoms with van der Waals surface area (Å²) in [4.78, 5) is 15.9. The smallest absolute Gasteiger partial charge is 0.315 e. The monoisotopic (exact) mass is 236 g/mol. The second-order valence-electron chi connectivity index (χ2n) is 5.22. The maximum absolute atomic E-state index is 11.4. The number of fused-ring (bicyclic) bond motifs is 1. The van der Waals surface area contributed by atoms with E-state index < -0.39 is 11.4 Å². The molecule has 2 rings (SSSR count). The van der Waals surface area contributed by atoms with Crippen LogP contribution in [0.15, 0.2) is 0 Å². The van der Waals surface area contributed by atoms with Crippen LogP contribution in [0.3, 0.4) is 0 Å². The third kappa shape index (κ3) is 1.85. The minimum Gasteiger partial charge on any atom is -0.481 e. The van der Waals surface area contributed by atoms with Gasteiger partial charge in [-0.1, -0.05) is 6.92 Å². The maximum atomic E-state index is 11.4. The van der Waals surface area contributed by atoms with Crippen molar-refractivity contribution < 1.29 is 9.90 Å². The van der Waals surface area contributed by atoms with Crippen molar-refractivity contribution in [3.63, 3.8) is 0 Å². The molecule has 94 valence electrons. The Morgan fingerprint density at radius 2 is 2.18 bits per heavy atom. The first kappa shape index (κ1) is 12.1. The minimum absolute atomic E-state index is 0.765. The van der Waals surface area contributed by atoms with Gasteiger partial charge in [-0.05, 0) is 33.1 Å². The summed E-state index contributed by atoms with van der Waals surface area (Å²) in [6.07, 6.45) is 4.13. The van der Waals surface area contributed by atoms with E-state index in [1.807, 2.05) is 0 Å². The Morgan fingerprint density at radius 1 is 1.47 bits per heavy atom. The highest BCUT2D eigenvalue weighted by atomic mass is 16.4. The number of hydrogen-bond donors (Lipinski definition) is 1. The molecule has 1 N–H and O–H groups in total. The third-order valence-corrected chi connectivity index (χ3v) is 3.64. The van der Waals surface area contributed by atoms with Gasteiger partial charge in [0.15, 0.2) is 0 Å². The van der Waals surface area contributed by atoms with Crippen LogP contribution in [0.5, 0.6) is 0 Å². The number of imidazole rings is 1. The van der Waals surface area contributed by atoms with Crippen molar-refractivity contribution in [2.75, 3.05) is 0 Å². The Kier molecular flexibility index (Phi) is 2.98. The number of carbonyl (C=O) groups is 1. The summed E-state index contributed by atoms with van der Waals surface area (Å²) in [5.41, 5.74) is 1.02. The Balaban J connectivity index is 2.55. The predicted octanol–water partition coefficient (Wildman–Crippen LogP) is 2.14. The van der Waals surface area contributed by atoms with Crippen molar-refractivity contribution in [1.82, 2.24) is 9.55 Å². The maximum Gasteiger partial charge on any atom is 0.315 e. The highest BCUT2D eigenvalue weighted by Crippen LogP contribution is 2.30. The van der Waals surface area contributed by atoms with E-state index in [0.717, 1.165) is 43.0 Å². The summed E-state index contributed by atoms with van der Waals surface area (Å²) in [7, 11) is 0. The molecule has 0 saturated carbocycles. The zero-order chi connectivity index (χ0) is 12.6. The molecule has 17 heavy (non-hydrogen) atoms. The number of rotatable bonds is 3. The van der Waals surface area contributed by atoms with E-state index in [1.165, 1.54) is 6.42 Å². The second-order valence-corrected chi connectivity index (χ2v) is 5.22. The standard InChI is InChI=1S/C13H20N2O2/c1-4-10-14-11(13(2,3)12(16)17)9-7-5-6-8-15(9)10/h4-8H2,1-3H3,(H,16,17). The van der Waals surface area contributed by atoms with Gasteiger partial charge in [-0.2, -0.15) is 0 Å². The van der Waals surface area contributed by atoms with Crippen LogP contribution in [0.1, 0.15) is 50.8 Å². The SMILES string of the molecule is CCc1nc(C(C)(C)C(=O)O)c2n1CCCC2. The Hall–Kier alpha value is -1.32. The van der Waals surface area contributed by atoms with Crippen LogP contribution in [0.2, 0.25) is 0 Å². The van der Waals surface area contributed by atoms with Crippen LogP contribution in [0.4, 0.5) is 0 Å². The Labute approximate surface area is 102 Å². The molecule has 0 saturated heterocycles. The fourth-order valence-corrected chi connectivity index (χ4v) is 2.49. The van der Waals surface area contributed by atoms with E-state index in [4.69, 9.17) is 0 Å². The van der Waals surface area contributed by atoms with Crippen molar-refractivity contribution in [2.24, 2.45) is 0 Å². The van der Waals surface area contributed by atoms with Crippen LogP contribution in [0.25, 0.3) is 0 Å². The molecule has 2 heterocycles. The van der Waals surface area contributed by atoms with Gasteiger partial charge in [0.1, 0.15) is 11.2 Å². The molecule has 1 aliphatic heterocycles. The van der Waals surface area contributed by atoms with Gasteiger partial charge in [0, 0.05) is 18.7 Å². The number of carboxylic acids is 1. The zero-order valence-corrected chi connectivity index (χ0v) is 10.8. The largest absolute Gasteiger partial charge is 0.481 e. The van der Waals surface area contributed by atoms with Crippen LogP contribution in [-0.2, 0) is 29.6 Å². The number of hydrogen-bond acceptors (Lipinski definition) is 2. The first-order chi connectivity index (χ1) is 7.98. The minimum atomic E-state index is -0.887. The number of carboxylic acid groups (broad SMARTS) is 1. The molecule has 0 atom stereocenters. The summed E-state index contributed by atoms with van der Waals surface area (Å²) >= 11 is 0. The summed E-state index contributed by atoms with van der Waals surface area (Å²) < 4.78 is 2.23. The Bertz CT molecular complexity index is 447. The molecule has 0 bridgehead atoms. The van der Waals surface area contributed by atoms with E-state index in [2.05, 4.69) is 16.5 Å². The topological polar surface area (TPSA) is 55.1 Å². The molecule has 1 aromatic heterocycles. The molecule has 0 radical (unpaired) electrons. The van der Waals surface area contributed by atoms with Gasteiger partial charge < -0.3 is 9.67 Å². The molecule has 0 unspecified atom stereocenters. The zero-order valence-electron chi connectivity index (χ0n) is 10.8. The summed E-state index contributed by atoms with van der Waals surface area (Å²) in [5.74, 6) is 0.232. The van der Waals surface area contributed by atoms with Gasteiger partial charge >= 0.3 is 5.97 Å². The highest BCUT2D eigenvalue weighted by Gasteiger charge is 2.36. The first-order valence-corrected chi connectivity index (χ1v) is 6.30. The average molecular weight is 236 g/mol. The number of aryl methyl sites for hydroxylation is 1. The van der Waals surface area contributed by atoms with Crippen LogP contribution >= 0.6 is 0 Å². The lowest BCUT2D eigenvalue weighted by atomic mass is 9.86. The van der Waals surface area contributed by atoms with Gasteiger partial charge in [-0.25, -0.2) is 4.98 Å². The number of aromatic nitrogens is 2. The van der Waals surface area contributed by atoms with Gasteiger partial charge in [-0.15, -0.1) is 0 Å². The van der Waals surface area contributed by atoms with E-state index in [9.17, 15) is 9.90 Å². The third-order valence-electron chi connectivity index (χ3n) is 3.64. The normalized spacial score (nSPS) is 15.7. The molecular weight excluding hydrogens is 216 g/mol. The lowest BCUT2D eigenvalue weighted by molar-refractivity contribution is -0.142. The van der Waals surface area contributed by atoms with E-state index in [-0.39, 0.29) is 0 Å². The summed E-state index contributed by atoms with van der Waals surface area (Å²) in [5, 5.41) is 9.33. The highest BCUT2D eigenvalue weighted by molar-refractivity contribution is 5.80. The van der Waals surface area contributed by atoms with Gasteiger partial charge in [0.25, 0.3) is 0 Å². The van der Waals surface area contributed by atoms with E-state index in [1.54, 1.807) is 13.8 Å². The lowest BCUT2D eigenvalue weighted by Crippen LogP contribution is -2.31. The van der Waals surface area contributed by atoms with Crippen LogP contribution in [-0.4, -0.2) is 20.6 Å². The molecule has 1 aliphatic rings. The molecule has 0 fully saturated rings. The van der Waals surface area contributed by atoms with Crippen LogP contribution < -0.4 is 0 Å². The fourth-order valence-electron chi connectivity index (χ4n) is 2.49. The quantitative estimate of drug-likeness (QED) is 0.874. The molecule has 4 nitrogen and oxygen atoms in total. The predicted molar refractivity (Wildman–Crippen MR) is 65.2 cm³/mol. The van der Waals surface area contributed by atoms with Crippen molar-refractivity contribution in [2.45, 2.75) is 58.4 Å². The molecule has 0 spiro atoms. The molecule has 1 aromatic rings. The second kappa shape index (κ2) is 4.17. The molecule has 0 amide bonds. The lowest BCUT2D eigenvalue weighted by Gasteiger charge is -2.22. The first-order valence-electron chi connectivity index (χ1n) is 6.30. The van der Waals surface area contributed by atoms with Crippen molar-refractivity contribution >= 4 is 5.97 Å². The van der Waals surface area contributed by atoms with Crippen molar-refractivity contribution in [3.8, 4) is 0 Å². The van der Waals surface area contributed by atoms with Crippen molar-refractivity contribution in [3.05, 3.63) is 17.2 Å². The van der Waals surface area contributed by atoms with E-state index >= 15 is 0 Å². The molecule has 4 heteroatoms. The molecular formula is C13H20N2O2. The van der Waals surface area contributed by atoms with Gasteiger partial charge in [0.2, 0.25) is 0 Å². The Morgan fingerprint density at radius 3 is 2.76 bits per heavy atom. The van der Waals surface area contributed by atoms with Crippen LogP contribution in [0, 0.1) is 0 Å².